The molecule has 2 heterocycles. The molecule has 0 radical (unpaired) electrons. The van der Waals surface area contributed by atoms with Gasteiger partial charge in [-0.1, -0.05) is 13.8 Å². The summed E-state index contributed by atoms with van der Waals surface area (Å²) < 4.78 is 10.8. The number of fused-ring (bicyclic) bond motifs is 1. The molecule has 2 fully saturated rings. The Bertz CT molecular complexity index is 548. The zero-order valence-corrected chi connectivity index (χ0v) is 16.7. The number of carbonyl (C=O) groups is 3. The van der Waals surface area contributed by atoms with Gasteiger partial charge in [0.05, 0.1) is 11.5 Å². The van der Waals surface area contributed by atoms with E-state index in [1.807, 2.05) is 0 Å². The van der Waals surface area contributed by atoms with E-state index in [0.717, 1.165) is 0 Å². The molecule has 2 aliphatic rings. The summed E-state index contributed by atoms with van der Waals surface area (Å²) in [6, 6.07) is -0.845. The highest BCUT2D eigenvalue weighted by molar-refractivity contribution is 5.85. The van der Waals surface area contributed by atoms with Crippen LogP contribution in [0.1, 0.15) is 41.0 Å². The Balaban J connectivity index is 0.00000338. The molecule has 2 rings (SSSR count). The van der Waals surface area contributed by atoms with Crippen LogP contribution < -0.4 is 5.32 Å². The minimum atomic E-state index is -0.970. The Kier molecular flexibility index (Phi) is 7.30. The molecule has 0 aromatic rings. The van der Waals surface area contributed by atoms with Crippen molar-refractivity contribution in [3.05, 3.63) is 0 Å². The molecular weight excluding hydrogens is 364 g/mol. The number of carbonyl (C=O) groups excluding carboxylic acids is 2. The molecule has 2 aliphatic heterocycles. The first-order valence-electron chi connectivity index (χ1n) is 8.67. The number of aliphatic carboxylic acids is 1. The molecule has 4 unspecified atom stereocenters. The minimum Gasteiger partial charge on any atom is -0.480 e. The molecule has 26 heavy (non-hydrogen) atoms. The molecule has 8 nitrogen and oxygen atoms in total. The van der Waals surface area contributed by atoms with Gasteiger partial charge < -0.3 is 24.8 Å². The molecule has 150 valence electrons. The number of amides is 1. The van der Waals surface area contributed by atoms with Crippen LogP contribution in [0.3, 0.4) is 0 Å². The van der Waals surface area contributed by atoms with Crippen LogP contribution in [-0.2, 0) is 19.1 Å². The summed E-state index contributed by atoms with van der Waals surface area (Å²) in [5.74, 6) is -1.66. The Morgan fingerprint density at radius 2 is 1.81 bits per heavy atom. The number of rotatable bonds is 4. The van der Waals surface area contributed by atoms with Crippen LogP contribution in [0.4, 0.5) is 4.79 Å². The third-order valence-corrected chi connectivity index (χ3v) is 4.67. The van der Waals surface area contributed by atoms with Crippen LogP contribution in [0, 0.1) is 17.3 Å². The summed E-state index contributed by atoms with van der Waals surface area (Å²) in [5.41, 5.74) is -0.692. The van der Waals surface area contributed by atoms with Crippen LogP contribution in [0.5, 0.6) is 0 Å². The van der Waals surface area contributed by atoms with Gasteiger partial charge in [0.1, 0.15) is 6.04 Å². The van der Waals surface area contributed by atoms with Gasteiger partial charge in [0.15, 0.2) is 0 Å². The highest BCUT2D eigenvalue weighted by Crippen LogP contribution is 2.32. The zero-order valence-electron chi connectivity index (χ0n) is 15.9. The van der Waals surface area contributed by atoms with Crippen molar-refractivity contribution in [2.24, 2.45) is 17.3 Å². The van der Waals surface area contributed by atoms with Crippen molar-refractivity contribution in [2.45, 2.75) is 59.4 Å². The highest BCUT2D eigenvalue weighted by Gasteiger charge is 2.49. The molecule has 2 N–H and O–H groups in total. The molecule has 0 aliphatic carbocycles. The Morgan fingerprint density at radius 3 is 2.31 bits per heavy atom. The fourth-order valence-electron chi connectivity index (χ4n) is 3.17. The molecule has 0 spiro atoms. The van der Waals surface area contributed by atoms with Gasteiger partial charge in [0.25, 0.3) is 6.29 Å². The van der Waals surface area contributed by atoms with Crippen molar-refractivity contribution < 1.29 is 29.0 Å². The maximum atomic E-state index is 12.5. The number of hydrogen-bond donors (Lipinski definition) is 2. The second-order valence-corrected chi connectivity index (χ2v) is 8.09. The van der Waals surface area contributed by atoms with Crippen molar-refractivity contribution in [1.29, 1.82) is 0 Å². The summed E-state index contributed by atoms with van der Waals surface area (Å²) in [6.45, 7) is 9.67. The number of carboxylic acids is 1. The molecule has 0 aromatic heterocycles. The van der Waals surface area contributed by atoms with Crippen molar-refractivity contribution in [3.63, 3.8) is 0 Å². The van der Waals surface area contributed by atoms with Gasteiger partial charge in [0, 0.05) is 24.9 Å². The normalized spacial score (nSPS) is 26.1. The Morgan fingerprint density at radius 1 is 1.19 bits per heavy atom. The maximum absolute atomic E-state index is 12.5. The quantitative estimate of drug-likeness (QED) is 0.555. The molecular formula is C17H29ClN2O6. The lowest BCUT2D eigenvalue weighted by Gasteiger charge is -2.29. The van der Waals surface area contributed by atoms with Crippen LogP contribution in [0.15, 0.2) is 0 Å². The lowest BCUT2D eigenvalue weighted by atomic mass is 9.97. The smallest absolute Gasteiger partial charge is 0.413 e. The Hall–Kier alpha value is -1.54. The van der Waals surface area contributed by atoms with E-state index in [9.17, 15) is 19.5 Å². The molecule has 2 saturated heterocycles. The predicted octanol–water partition coefficient (Wildman–Crippen LogP) is 1.86. The van der Waals surface area contributed by atoms with Gasteiger partial charge in [-0.05, 0) is 27.2 Å². The van der Waals surface area contributed by atoms with Crippen molar-refractivity contribution in [2.75, 3.05) is 13.1 Å². The van der Waals surface area contributed by atoms with Gasteiger partial charge in [0.2, 0.25) is 0 Å². The van der Waals surface area contributed by atoms with Crippen LogP contribution in [0.2, 0.25) is 0 Å². The van der Waals surface area contributed by atoms with E-state index in [0.29, 0.717) is 19.5 Å². The molecule has 0 bridgehead atoms. The van der Waals surface area contributed by atoms with E-state index in [-0.39, 0.29) is 30.3 Å². The van der Waals surface area contributed by atoms with Crippen LogP contribution >= 0.6 is 12.4 Å². The fraction of sp³-hybridized carbons (Fsp3) is 0.824. The fourth-order valence-corrected chi connectivity index (χ4v) is 3.17. The molecule has 0 aromatic carbocycles. The summed E-state index contributed by atoms with van der Waals surface area (Å²) in [6.07, 6.45) is -0.929. The number of nitrogens with zero attached hydrogens (tertiary/aromatic N) is 1. The van der Waals surface area contributed by atoms with E-state index in [4.69, 9.17) is 9.47 Å². The number of carboxylic acid groups (broad SMARTS) is 1. The van der Waals surface area contributed by atoms with Crippen molar-refractivity contribution in [1.82, 2.24) is 10.2 Å². The van der Waals surface area contributed by atoms with E-state index in [1.165, 1.54) is 0 Å². The summed E-state index contributed by atoms with van der Waals surface area (Å²) >= 11 is 0. The molecule has 4 atom stereocenters. The first-order chi connectivity index (χ1) is 11.5. The lowest BCUT2D eigenvalue weighted by Crippen LogP contribution is -2.43. The number of halogens is 1. The first kappa shape index (κ1) is 22.5. The molecule has 9 heteroatoms. The van der Waals surface area contributed by atoms with Gasteiger partial charge >= 0.3 is 18.0 Å². The van der Waals surface area contributed by atoms with Crippen LogP contribution in [0.25, 0.3) is 0 Å². The van der Waals surface area contributed by atoms with E-state index in [1.54, 1.807) is 39.5 Å². The Labute approximate surface area is 160 Å². The average Bonchev–Trinajstić information content (AvgIpc) is 3.05. The van der Waals surface area contributed by atoms with E-state index < -0.39 is 35.8 Å². The standard InChI is InChI=1S/C17H28N2O6.ClH/c1-9(2)14(24-15(22)17(3,4)5)25-16(23)19-7-6-10-11(19)8-18-12(10)13(20)21;/h9-12,14,18H,6-8H2,1-5H3,(H,20,21);1H. The second kappa shape index (κ2) is 8.43. The third-order valence-electron chi connectivity index (χ3n) is 4.67. The summed E-state index contributed by atoms with van der Waals surface area (Å²) in [4.78, 5) is 37.4. The second-order valence-electron chi connectivity index (χ2n) is 8.09. The number of esters is 1. The van der Waals surface area contributed by atoms with E-state index >= 15 is 0 Å². The van der Waals surface area contributed by atoms with Gasteiger partial charge in [-0.25, -0.2) is 4.79 Å². The van der Waals surface area contributed by atoms with Crippen molar-refractivity contribution in [3.8, 4) is 0 Å². The first-order valence-corrected chi connectivity index (χ1v) is 8.67. The summed E-state index contributed by atoms with van der Waals surface area (Å²) in [7, 11) is 0. The highest BCUT2D eigenvalue weighted by atomic mass is 35.5. The van der Waals surface area contributed by atoms with Crippen LogP contribution in [-0.4, -0.2) is 59.5 Å². The summed E-state index contributed by atoms with van der Waals surface area (Å²) in [5, 5.41) is 12.2. The number of nitrogens with one attached hydrogen (secondary N) is 1. The monoisotopic (exact) mass is 392 g/mol. The SMILES string of the molecule is CC(C)C(OC(=O)N1CCC2C(C(=O)O)NCC21)OC(=O)C(C)(C)C.Cl. The largest absolute Gasteiger partial charge is 0.480 e. The molecule has 1 amide bonds. The predicted molar refractivity (Wildman–Crippen MR) is 95.9 cm³/mol. The van der Waals surface area contributed by atoms with Gasteiger partial charge in [-0.3, -0.25) is 9.59 Å². The maximum Gasteiger partial charge on any atom is 0.413 e. The molecule has 0 saturated carbocycles. The van der Waals surface area contributed by atoms with Crippen molar-refractivity contribution >= 4 is 30.4 Å². The number of hydrogen-bond acceptors (Lipinski definition) is 6. The topological polar surface area (TPSA) is 105 Å². The third kappa shape index (κ3) is 4.79. The average molecular weight is 393 g/mol. The number of likely N-dealkylation sites (tertiary alicyclic amines) is 1. The zero-order chi connectivity index (χ0) is 18.9. The van der Waals surface area contributed by atoms with E-state index in [2.05, 4.69) is 5.32 Å². The number of ether oxygens (including phenoxy) is 2. The van der Waals surface area contributed by atoms with Gasteiger partial charge in [-0.2, -0.15) is 0 Å². The lowest BCUT2D eigenvalue weighted by molar-refractivity contribution is -0.185. The van der Waals surface area contributed by atoms with Gasteiger partial charge in [-0.15, -0.1) is 12.4 Å². The minimum absolute atomic E-state index is 0.